The summed E-state index contributed by atoms with van der Waals surface area (Å²) in [6.07, 6.45) is 13.2. The molecule has 5 nitrogen and oxygen atoms in total. The van der Waals surface area contributed by atoms with E-state index in [1.54, 1.807) is 0 Å². The van der Waals surface area contributed by atoms with E-state index >= 15 is 0 Å². The quantitative estimate of drug-likeness (QED) is 0.350. The number of nitrogens with zero attached hydrogens (tertiary/aromatic N) is 3. The summed E-state index contributed by atoms with van der Waals surface area (Å²) >= 11 is 0. The van der Waals surface area contributed by atoms with Gasteiger partial charge in [0.05, 0.1) is 0 Å². The molecular formula is C28H47N3O2S. The molecule has 2 saturated heterocycles. The second-order valence-electron chi connectivity index (χ2n) is 10.8. The second-order valence-corrected chi connectivity index (χ2v) is 12.7. The second kappa shape index (κ2) is 12.3. The Morgan fingerprint density at radius 3 is 2.35 bits per heavy atom. The summed E-state index contributed by atoms with van der Waals surface area (Å²) in [5.41, 5.74) is 2.90. The van der Waals surface area contributed by atoms with Crippen molar-refractivity contribution in [1.29, 1.82) is 0 Å². The van der Waals surface area contributed by atoms with E-state index in [0.29, 0.717) is 31.6 Å². The first-order chi connectivity index (χ1) is 16.6. The first-order valence-corrected chi connectivity index (χ1v) is 15.5. The summed E-state index contributed by atoms with van der Waals surface area (Å²) < 4.78 is 32.0. The predicted octanol–water partition coefficient (Wildman–Crippen LogP) is 5.78. The van der Waals surface area contributed by atoms with Crippen LogP contribution in [-0.4, -0.2) is 60.7 Å². The molecule has 3 unspecified atom stereocenters. The molecular weight excluding hydrogens is 442 g/mol. The van der Waals surface area contributed by atoms with Crippen molar-refractivity contribution in [3.05, 3.63) is 35.4 Å². The monoisotopic (exact) mass is 489 g/mol. The fourth-order valence-electron chi connectivity index (χ4n) is 6.56. The van der Waals surface area contributed by atoms with Gasteiger partial charge in [0.1, 0.15) is 0 Å². The maximum Gasteiger partial charge on any atom is 0.282 e. The molecule has 0 radical (unpaired) electrons. The zero-order valence-electron chi connectivity index (χ0n) is 21.6. The molecule has 1 aromatic rings. The lowest BCUT2D eigenvalue weighted by molar-refractivity contribution is 0.0197. The van der Waals surface area contributed by atoms with Crippen LogP contribution in [-0.2, 0) is 16.6 Å². The molecule has 0 aliphatic carbocycles. The molecule has 0 N–H and O–H groups in total. The highest BCUT2D eigenvalue weighted by Crippen LogP contribution is 2.43. The van der Waals surface area contributed by atoms with Crippen molar-refractivity contribution in [1.82, 2.24) is 13.5 Å². The third kappa shape index (κ3) is 5.88. The maximum absolute atomic E-state index is 14.1. The van der Waals surface area contributed by atoms with Gasteiger partial charge in [-0.2, -0.15) is 17.0 Å². The van der Waals surface area contributed by atoms with Crippen LogP contribution < -0.4 is 0 Å². The molecule has 192 valence electrons. The number of hydrogen-bond donors (Lipinski definition) is 0. The number of rotatable bonds is 12. The molecule has 34 heavy (non-hydrogen) atoms. The lowest BCUT2D eigenvalue weighted by Crippen LogP contribution is -2.59. The highest BCUT2D eigenvalue weighted by Gasteiger charge is 2.47. The maximum atomic E-state index is 14.1. The van der Waals surface area contributed by atoms with Gasteiger partial charge in [0.2, 0.25) is 0 Å². The van der Waals surface area contributed by atoms with Crippen molar-refractivity contribution in [2.24, 2.45) is 5.92 Å². The summed E-state index contributed by atoms with van der Waals surface area (Å²) in [5, 5.41) is 0. The average molecular weight is 490 g/mol. The molecule has 0 amide bonds. The summed E-state index contributed by atoms with van der Waals surface area (Å²) in [6, 6.07) is 9.35. The Morgan fingerprint density at radius 1 is 0.941 bits per heavy atom. The van der Waals surface area contributed by atoms with Crippen LogP contribution in [0.25, 0.3) is 0 Å². The molecule has 3 aliphatic rings. The zero-order chi connectivity index (χ0) is 24.0. The van der Waals surface area contributed by atoms with Crippen LogP contribution in [0.4, 0.5) is 0 Å². The lowest BCUT2D eigenvalue weighted by Gasteiger charge is -2.52. The van der Waals surface area contributed by atoms with Gasteiger partial charge in [-0.15, -0.1) is 0 Å². The van der Waals surface area contributed by atoms with Gasteiger partial charge in [-0.05, 0) is 55.6 Å². The smallest absolute Gasteiger partial charge is 0.282 e. The SMILES string of the molecule is CCCCCCN(CCCCCC)S(=O)(=O)N1CCCC2CN3CCc4ccccc4C3CC21. The molecule has 0 aromatic heterocycles. The predicted molar refractivity (Wildman–Crippen MR) is 141 cm³/mol. The number of hydrogen-bond acceptors (Lipinski definition) is 3. The van der Waals surface area contributed by atoms with Crippen molar-refractivity contribution >= 4 is 10.2 Å². The standard InChI is InChI=1S/C28H47N3O2S/c1-3-5-7-11-18-30(19-12-8-6-4-2)34(32,33)31-20-13-15-25-23-29-21-17-24-14-9-10-16-26(24)28(29)22-27(25)31/h9-10,14,16,25,27-28H,3-8,11-13,15,17-23H2,1-2H3. The van der Waals surface area contributed by atoms with Gasteiger partial charge in [0, 0.05) is 44.8 Å². The minimum atomic E-state index is -3.44. The molecule has 2 fully saturated rings. The van der Waals surface area contributed by atoms with E-state index in [4.69, 9.17) is 0 Å². The highest BCUT2D eigenvalue weighted by atomic mass is 32.2. The number of unbranched alkanes of at least 4 members (excludes halogenated alkanes) is 6. The van der Waals surface area contributed by atoms with Crippen molar-refractivity contribution in [3.63, 3.8) is 0 Å². The van der Waals surface area contributed by atoms with Crippen LogP contribution in [0.5, 0.6) is 0 Å². The minimum Gasteiger partial charge on any atom is -0.296 e. The Labute approximate surface area is 209 Å². The van der Waals surface area contributed by atoms with E-state index in [1.165, 1.54) is 36.8 Å². The van der Waals surface area contributed by atoms with Crippen molar-refractivity contribution in [3.8, 4) is 0 Å². The summed E-state index contributed by atoms with van der Waals surface area (Å²) in [7, 11) is -3.44. The van der Waals surface area contributed by atoms with Gasteiger partial charge in [-0.1, -0.05) is 76.6 Å². The average Bonchev–Trinajstić information content (AvgIpc) is 2.86. The van der Waals surface area contributed by atoms with Gasteiger partial charge < -0.3 is 0 Å². The van der Waals surface area contributed by atoms with E-state index in [9.17, 15) is 8.42 Å². The highest BCUT2D eigenvalue weighted by molar-refractivity contribution is 7.86. The third-order valence-corrected chi connectivity index (χ3v) is 10.5. The summed E-state index contributed by atoms with van der Waals surface area (Å²) in [6.45, 7) is 8.63. The molecule has 0 saturated carbocycles. The first kappa shape index (κ1) is 26.1. The number of benzene rings is 1. The van der Waals surface area contributed by atoms with Crippen molar-refractivity contribution in [2.75, 3.05) is 32.7 Å². The molecule has 1 aromatic carbocycles. The zero-order valence-corrected chi connectivity index (χ0v) is 22.4. The van der Waals surface area contributed by atoms with Gasteiger partial charge in [0.25, 0.3) is 10.2 Å². The van der Waals surface area contributed by atoms with Gasteiger partial charge in [-0.25, -0.2) is 0 Å². The third-order valence-electron chi connectivity index (χ3n) is 8.47. The van der Waals surface area contributed by atoms with E-state index in [1.807, 2.05) is 8.61 Å². The Hall–Kier alpha value is -0.950. The van der Waals surface area contributed by atoms with Crippen LogP contribution in [0.3, 0.4) is 0 Å². The van der Waals surface area contributed by atoms with Crippen molar-refractivity contribution in [2.45, 2.75) is 103 Å². The summed E-state index contributed by atoms with van der Waals surface area (Å²) in [5.74, 6) is 0.465. The summed E-state index contributed by atoms with van der Waals surface area (Å²) in [4.78, 5) is 2.65. The van der Waals surface area contributed by atoms with Gasteiger partial charge >= 0.3 is 0 Å². The van der Waals surface area contributed by atoms with Crippen LogP contribution in [0, 0.1) is 5.92 Å². The molecule has 4 rings (SSSR count). The fraction of sp³-hybridized carbons (Fsp3) is 0.786. The van der Waals surface area contributed by atoms with Crippen LogP contribution in [0.2, 0.25) is 0 Å². The Morgan fingerprint density at radius 2 is 1.65 bits per heavy atom. The number of fused-ring (bicyclic) bond motifs is 4. The number of piperidine rings is 2. The largest absolute Gasteiger partial charge is 0.296 e. The molecule has 0 spiro atoms. The lowest BCUT2D eigenvalue weighted by atomic mass is 9.77. The van der Waals surface area contributed by atoms with E-state index < -0.39 is 10.2 Å². The molecule has 3 heterocycles. The van der Waals surface area contributed by atoms with Crippen LogP contribution in [0.1, 0.15) is 102 Å². The fourth-order valence-corrected chi connectivity index (χ4v) is 8.54. The van der Waals surface area contributed by atoms with E-state index in [0.717, 1.165) is 64.5 Å². The van der Waals surface area contributed by atoms with Gasteiger partial charge in [-0.3, -0.25) is 4.90 Å². The normalized spacial score (nSPS) is 25.7. The van der Waals surface area contributed by atoms with E-state index in [-0.39, 0.29) is 6.04 Å². The van der Waals surface area contributed by atoms with Crippen LogP contribution in [0.15, 0.2) is 24.3 Å². The Bertz CT molecular complexity index is 862. The molecule has 3 aliphatic heterocycles. The molecule has 3 atom stereocenters. The topological polar surface area (TPSA) is 43.9 Å². The Balaban J connectivity index is 1.51. The Kier molecular flexibility index (Phi) is 9.48. The van der Waals surface area contributed by atoms with E-state index in [2.05, 4.69) is 43.0 Å². The molecule has 6 heteroatoms. The van der Waals surface area contributed by atoms with Gasteiger partial charge in [0.15, 0.2) is 0 Å². The van der Waals surface area contributed by atoms with Crippen LogP contribution >= 0.6 is 0 Å². The minimum absolute atomic E-state index is 0.139. The first-order valence-electron chi connectivity index (χ1n) is 14.1. The molecule has 0 bridgehead atoms. The van der Waals surface area contributed by atoms with Crippen molar-refractivity contribution < 1.29 is 8.42 Å².